The van der Waals surface area contributed by atoms with Crippen LogP contribution in [0.25, 0.3) is 6.08 Å². The van der Waals surface area contributed by atoms with Gasteiger partial charge in [0.1, 0.15) is 10.1 Å². The van der Waals surface area contributed by atoms with Crippen molar-refractivity contribution in [1.29, 1.82) is 0 Å². The Kier molecular flexibility index (Phi) is 5.64. The number of esters is 1. The maximum atomic E-state index is 11.9. The highest BCUT2D eigenvalue weighted by Crippen LogP contribution is 2.31. The summed E-state index contributed by atoms with van der Waals surface area (Å²) in [6.07, 6.45) is 2.78. The first-order valence-corrected chi connectivity index (χ1v) is 8.28. The molecule has 1 aliphatic heterocycles. The molecule has 0 unspecified atom stereocenters. The molecule has 0 aliphatic carbocycles. The zero-order valence-electron chi connectivity index (χ0n) is 11.8. The van der Waals surface area contributed by atoms with Crippen molar-refractivity contribution in [3.8, 4) is 0 Å². The van der Waals surface area contributed by atoms with Crippen molar-refractivity contribution in [3.05, 3.63) is 41.1 Å². The minimum Gasteiger partial charge on any atom is -0.465 e. The number of methoxy groups -OCH3 is 1. The van der Waals surface area contributed by atoms with Crippen LogP contribution in [0.5, 0.6) is 0 Å². The van der Waals surface area contributed by atoms with Crippen molar-refractivity contribution in [1.82, 2.24) is 0 Å². The average Bonchev–Trinajstić information content (AvgIpc) is 2.85. The number of aliphatic imine (C=N–C) groups is 1. The lowest BCUT2D eigenvalue weighted by Crippen LogP contribution is -2.00. The van der Waals surface area contributed by atoms with Gasteiger partial charge in [0.05, 0.1) is 12.7 Å². The molecule has 0 spiro atoms. The summed E-state index contributed by atoms with van der Waals surface area (Å²) in [5.74, 6) is 0.582. The number of rotatable bonds is 4. The first-order chi connectivity index (χ1) is 10.1. The van der Waals surface area contributed by atoms with Gasteiger partial charge in [-0.25, -0.2) is 9.79 Å². The Morgan fingerprint density at radius 3 is 2.71 bits per heavy atom. The molecule has 2 rings (SSSR count). The molecule has 1 aromatic rings. The van der Waals surface area contributed by atoms with Gasteiger partial charge < -0.3 is 4.74 Å². The molecule has 0 fully saturated rings. The first kappa shape index (κ1) is 15.9. The van der Waals surface area contributed by atoms with Crippen molar-refractivity contribution in [2.24, 2.45) is 4.99 Å². The van der Waals surface area contributed by atoms with Crippen LogP contribution in [0.2, 0.25) is 0 Å². The molecule has 0 bridgehead atoms. The van der Waals surface area contributed by atoms with Crippen molar-refractivity contribution in [2.75, 3.05) is 12.9 Å². The molecule has 0 aromatic heterocycles. The molecule has 0 amide bonds. The number of carbonyl (C=O) groups excluding carboxylic acids is 2. The number of hydrogen-bond donors (Lipinski definition) is 0. The number of thioether (sulfide) groups is 2. The van der Waals surface area contributed by atoms with E-state index in [0.717, 1.165) is 22.1 Å². The normalized spacial score (nSPS) is 16.2. The van der Waals surface area contributed by atoms with Crippen molar-refractivity contribution < 1.29 is 14.3 Å². The van der Waals surface area contributed by atoms with E-state index in [2.05, 4.69) is 16.7 Å². The molecule has 1 aromatic carbocycles. The summed E-state index contributed by atoms with van der Waals surface area (Å²) < 4.78 is 5.45. The van der Waals surface area contributed by atoms with E-state index in [4.69, 9.17) is 0 Å². The summed E-state index contributed by atoms with van der Waals surface area (Å²) in [7, 11) is 1.34. The van der Waals surface area contributed by atoms with Gasteiger partial charge in [0, 0.05) is 0 Å². The van der Waals surface area contributed by atoms with Gasteiger partial charge in [0.15, 0.2) is 0 Å². The van der Waals surface area contributed by atoms with E-state index < -0.39 is 0 Å². The van der Waals surface area contributed by atoms with Gasteiger partial charge in [-0.2, -0.15) is 0 Å². The summed E-state index contributed by atoms with van der Waals surface area (Å²) in [6, 6.07) is 6.87. The maximum absolute atomic E-state index is 11.9. The van der Waals surface area contributed by atoms with Gasteiger partial charge in [-0.05, 0) is 47.7 Å². The van der Waals surface area contributed by atoms with Crippen LogP contribution in [0.3, 0.4) is 0 Å². The van der Waals surface area contributed by atoms with Gasteiger partial charge in [-0.15, -0.1) is 0 Å². The molecule has 1 aliphatic rings. The molecule has 0 saturated carbocycles. The third-order valence-corrected chi connectivity index (χ3v) is 4.88. The van der Waals surface area contributed by atoms with E-state index in [-0.39, 0.29) is 11.1 Å². The predicted octanol–water partition coefficient (Wildman–Crippen LogP) is 3.59. The number of benzene rings is 1. The van der Waals surface area contributed by atoms with E-state index in [1.165, 1.54) is 18.9 Å². The third-order valence-electron chi connectivity index (χ3n) is 2.67. The number of nitrogens with zero attached hydrogens (tertiary/aromatic N) is 1. The van der Waals surface area contributed by atoms with E-state index in [9.17, 15) is 9.59 Å². The molecule has 6 heteroatoms. The summed E-state index contributed by atoms with van der Waals surface area (Å²) >= 11 is 2.78. The van der Waals surface area contributed by atoms with Crippen LogP contribution in [0.15, 0.2) is 35.0 Å². The monoisotopic (exact) mass is 321 g/mol. The Hall–Kier alpha value is -1.53. The topological polar surface area (TPSA) is 55.7 Å². The van der Waals surface area contributed by atoms with Gasteiger partial charge in [-0.1, -0.05) is 30.8 Å². The van der Waals surface area contributed by atoms with Crippen molar-refractivity contribution in [2.45, 2.75) is 13.3 Å². The van der Waals surface area contributed by atoms with Crippen LogP contribution in [0, 0.1) is 0 Å². The molecular formula is C15H15NO3S2. The highest BCUT2D eigenvalue weighted by Gasteiger charge is 2.22. The van der Waals surface area contributed by atoms with Crippen LogP contribution < -0.4 is 0 Å². The minimum absolute atomic E-state index is 0.0364. The molecule has 21 heavy (non-hydrogen) atoms. The second-order valence-corrected chi connectivity index (χ2v) is 6.56. The van der Waals surface area contributed by atoms with E-state index >= 15 is 0 Å². The van der Waals surface area contributed by atoms with Gasteiger partial charge in [0.25, 0.3) is 0 Å². The fourth-order valence-corrected chi connectivity index (χ4v) is 3.40. The molecule has 0 saturated heterocycles. The minimum atomic E-state index is -0.377. The molecule has 1 heterocycles. The van der Waals surface area contributed by atoms with E-state index in [1.807, 2.05) is 0 Å². The van der Waals surface area contributed by atoms with Crippen LogP contribution in [0.4, 0.5) is 0 Å². The summed E-state index contributed by atoms with van der Waals surface area (Å²) in [6.45, 7) is 2.09. The van der Waals surface area contributed by atoms with Gasteiger partial charge >= 0.3 is 5.97 Å². The molecule has 0 N–H and O–H groups in total. The van der Waals surface area contributed by atoms with Crippen molar-refractivity contribution >= 4 is 45.1 Å². The third kappa shape index (κ3) is 4.22. The van der Waals surface area contributed by atoms with E-state index in [1.54, 1.807) is 42.1 Å². The Morgan fingerprint density at radius 2 is 2.10 bits per heavy atom. The summed E-state index contributed by atoms with van der Waals surface area (Å²) in [5, 5.41) is -0.0364. The predicted molar refractivity (Wildman–Crippen MR) is 88.5 cm³/mol. The molecule has 110 valence electrons. The SMILES string of the molecule is CCCSC1=N/C(=C\c2ccc(C(=O)OC)cc2)C(=O)S1. The molecule has 0 radical (unpaired) electrons. The van der Waals surface area contributed by atoms with Crippen molar-refractivity contribution in [3.63, 3.8) is 0 Å². The summed E-state index contributed by atoms with van der Waals surface area (Å²) in [5.41, 5.74) is 1.76. The lowest BCUT2D eigenvalue weighted by Gasteiger charge is -1.99. The van der Waals surface area contributed by atoms with Crippen LogP contribution in [0.1, 0.15) is 29.3 Å². The number of ether oxygens (including phenoxy) is 1. The van der Waals surface area contributed by atoms with Crippen LogP contribution in [-0.4, -0.2) is 28.3 Å². The fraction of sp³-hybridized carbons (Fsp3) is 0.267. The smallest absolute Gasteiger partial charge is 0.337 e. The highest BCUT2D eigenvalue weighted by molar-refractivity contribution is 8.45. The largest absolute Gasteiger partial charge is 0.465 e. The van der Waals surface area contributed by atoms with Gasteiger partial charge in [-0.3, -0.25) is 4.79 Å². The highest BCUT2D eigenvalue weighted by atomic mass is 32.2. The Labute approximate surface area is 132 Å². The summed E-state index contributed by atoms with van der Waals surface area (Å²) in [4.78, 5) is 27.5. The lowest BCUT2D eigenvalue weighted by molar-refractivity contribution is -0.107. The van der Waals surface area contributed by atoms with E-state index in [0.29, 0.717) is 11.3 Å². The maximum Gasteiger partial charge on any atom is 0.337 e. The first-order valence-electron chi connectivity index (χ1n) is 6.47. The quantitative estimate of drug-likeness (QED) is 0.626. The molecule has 0 atom stereocenters. The standard InChI is InChI=1S/C15H15NO3S2/c1-3-8-20-15-16-12(14(18)21-15)9-10-4-6-11(7-5-10)13(17)19-2/h4-7,9H,3,8H2,1-2H3/b12-9-. The molecular weight excluding hydrogens is 306 g/mol. The Bertz CT molecular complexity index is 606. The average molecular weight is 321 g/mol. The number of carbonyl (C=O) groups is 2. The van der Waals surface area contributed by atoms with Crippen LogP contribution >= 0.6 is 23.5 Å². The van der Waals surface area contributed by atoms with Gasteiger partial charge in [0.2, 0.25) is 5.12 Å². The second kappa shape index (κ2) is 7.47. The zero-order chi connectivity index (χ0) is 15.2. The lowest BCUT2D eigenvalue weighted by atomic mass is 10.1. The zero-order valence-corrected chi connectivity index (χ0v) is 13.4. The Balaban J connectivity index is 2.13. The van der Waals surface area contributed by atoms with Crippen LogP contribution in [-0.2, 0) is 9.53 Å². The Morgan fingerprint density at radius 1 is 1.38 bits per heavy atom. The number of hydrogen-bond acceptors (Lipinski definition) is 6. The molecule has 4 nitrogen and oxygen atoms in total. The second-order valence-electron chi connectivity index (χ2n) is 4.26. The fourth-order valence-electron chi connectivity index (χ4n) is 1.63.